The van der Waals surface area contributed by atoms with Crippen molar-refractivity contribution in [3.63, 3.8) is 0 Å². The van der Waals surface area contributed by atoms with Gasteiger partial charge in [-0.3, -0.25) is 4.90 Å². The lowest BCUT2D eigenvalue weighted by atomic mass is 9.95. The highest BCUT2D eigenvalue weighted by Gasteiger charge is 2.42. The van der Waals surface area contributed by atoms with Crippen LogP contribution in [0.1, 0.15) is 46.0 Å². The lowest BCUT2D eigenvalue weighted by Crippen LogP contribution is -2.52. The van der Waals surface area contributed by atoms with E-state index < -0.39 is 0 Å². The Labute approximate surface area is 81.5 Å². The summed E-state index contributed by atoms with van der Waals surface area (Å²) in [6, 6.07) is 1.22. The van der Waals surface area contributed by atoms with Crippen LogP contribution in [0, 0.1) is 0 Å². The van der Waals surface area contributed by atoms with Crippen molar-refractivity contribution < 1.29 is 0 Å². The predicted octanol–water partition coefficient (Wildman–Crippen LogP) is 1.74. The first-order chi connectivity index (χ1) is 6.12. The maximum atomic E-state index is 6.13. The second-order valence-electron chi connectivity index (χ2n) is 5.18. The molecule has 2 nitrogen and oxygen atoms in total. The Morgan fingerprint density at radius 1 is 1.15 bits per heavy atom. The fourth-order valence-electron chi connectivity index (χ4n) is 3.00. The van der Waals surface area contributed by atoms with Gasteiger partial charge in [0.1, 0.15) is 0 Å². The SMILES string of the molecule is CC1(C)C(N)CCN1C1CCCC1. The maximum absolute atomic E-state index is 6.13. The van der Waals surface area contributed by atoms with Gasteiger partial charge in [0, 0.05) is 24.2 Å². The molecule has 2 heteroatoms. The molecule has 0 radical (unpaired) electrons. The number of hydrogen-bond acceptors (Lipinski definition) is 2. The van der Waals surface area contributed by atoms with E-state index in [1.165, 1.54) is 38.6 Å². The molecule has 13 heavy (non-hydrogen) atoms. The molecule has 0 spiro atoms. The average Bonchev–Trinajstić information content (AvgIpc) is 2.62. The van der Waals surface area contributed by atoms with Gasteiger partial charge in [0.2, 0.25) is 0 Å². The molecule has 1 saturated carbocycles. The van der Waals surface area contributed by atoms with Gasteiger partial charge in [-0.25, -0.2) is 0 Å². The second kappa shape index (κ2) is 3.25. The molecule has 76 valence electrons. The summed E-state index contributed by atoms with van der Waals surface area (Å²) in [5, 5.41) is 0. The van der Waals surface area contributed by atoms with Crippen molar-refractivity contribution in [3.8, 4) is 0 Å². The van der Waals surface area contributed by atoms with E-state index in [0.717, 1.165) is 6.04 Å². The van der Waals surface area contributed by atoms with E-state index >= 15 is 0 Å². The summed E-state index contributed by atoms with van der Waals surface area (Å²) in [7, 11) is 0. The van der Waals surface area contributed by atoms with Crippen molar-refractivity contribution in [2.24, 2.45) is 5.73 Å². The number of nitrogens with two attached hydrogens (primary N) is 1. The van der Waals surface area contributed by atoms with Crippen molar-refractivity contribution in [2.75, 3.05) is 6.54 Å². The summed E-state index contributed by atoms with van der Waals surface area (Å²) in [5.41, 5.74) is 6.37. The molecule has 1 aliphatic heterocycles. The minimum Gasteiger partial charge on any atom is -0.326 e. The molecule has 0 aromatic carbocycles. The van der Waals surface area contributed by atoms with Crippen LogP contribution in [-0.2, 0) is 0 Å². The van der Waals surface area contributed by atoms with Gasteiger partial charge in [-0.1, -0.05) is 12.8 Å². The minimum atomic E-state index is 0.245. The molecular weight excluding hydrogens is 160 g/mol. The number of rotatable bonds is 1. The first kappa shape index (κ1) is 9.47. The van der Waals surface area contributed by atoms with Crippen molar-refractivity contribution in [2.45, 2.75) is 63.6 Å². The van der Waals surface area contributed by atoms with E-state index in [1.807, 2.05) is 0 Å². The third-order valence-corrected chi connectivity index (χ3v) is 4.09. The fourth-order valence-corrected chi connectivity index (χ4v) is 3.00. The zero-order valence-corrected chi connectivity index (χ0v) is 8.92. The van der Waals surface area contributed by atoms with Crippen LogP contribution >= 0.6 is 0 Å². The second-order valence-corrected chi connectivity index (χ2v) is 5.18. The Morgan fingerprint density at radius 3 is 2.23 bits per heavy atom. The predicted molar refractivity (Wildman–Crippen MR) is 55.6 cm³/mol. The maximum Gasteiger partial charge on any atom is 0.0307 e. The van der Waals surface area contributed by atoms with Crippen LogP contribution in [0.3, 0.4) is 0 Å². The van der Waals surface area contributed by atoms with Crippen LogP contribution in [0.4, 0.5) is 0 Å². The molecular formula is C11H22N2. The van der Waals surface area contributed by atoms with Gasteiger partial charge in [-0.15, -0.1) is 0 Å². The molecule has 0 aromatic heterocycles. The van der Waals surface area contributed by atoms with Crippen LogP contribution in [0.25, 0.3) is 0 Å². The molecule has 2 N–H and O–H groups in total. The van der Waals surface area contributed by atoms with Crippen LogP contribution < -0.4 is 5.73 Å². The zero-order chi connectivity index (χ0) is 9.47. The largest absolute Gasteiger partial charge is 0.326 e. The van der Waals surface area contributed by atoms with Crippen LogP contribution in [0.2, 0.25) is 0 Å². The van der Waals surface area contributed by atoms with Crippen LogP contribution in [0.5, 0.6) is 0 Å². The highest BCUT2D eigenvalue weighted by molar-refractivity contribution is 5.01. The molecule has 1 aliphatic carbocycles. The van der Waals surface area contributed by atoms with Gasteiger partial charge in [-0.05, 0) is 33.1 Å². The highest BCUT2D eigenvalue weighted by atomic mass is 15.3. The third kappa shape index (κ3) is 1.50. The fraction of sp³-hybridized carbons (Fsp3) is 1.00. The summed E-state index contributed by atoms with van der Waals surface area (Å²) in [6.07, 6.45) is 6.83. The molecule has 1 saturated heterocycles. The Balaban J connectivity index is 2.06. The summed E-state index contributed by atoms with van der Waals surface area (Å²) >= 11 is 0. The number of likely N-dealkylation sites (tertiary alicyclic amines) is 1. The first-order valence-corrected chi connectivity index (χ1v) is 5.64. The molecule has 0 bridgehead atoms. The van der Waals surface area contributed by atoms with Gasteiger partial charge >= 0.3 is 0 Å². The lowest BCUT2D eigenvalue weighted by Gasteiger charge is -2.38. The van der Waals surface area contributed by atoms with E-state index in [1.54, 1.807) is 0 Å². The van der Waals surface area contributed by atoms with E-state index in [9.17, 15) is 0 Å². The first-order valence-electron chi connectivity index (χ1n) is 5.64. The van der Waals surface area contributed by atoms with Gasteiger partial charge < -0.3 is 5.73 Å². The molecule has 2 fully saturated rings. The van der Waals surface area contributed by atoms with Crippen molar-refractivity contribution in [3.05, 3.63) is 0 Å². The monoisotopic (exact) mass is 182 g/mol. The smallest absolute Gasteiger partial charge is 0.0307 e. The molecule has 2 aliphatic rings. The summed E-state index contributed by atoms with van der Waals surface area (Å²) in [5.74, 6) is 0. The van der Waals surface area contributed by atoms with Crippen LogP contribution in [0.15, 0.2) is 0 Å². The molecule has 1 atom stereocenters. The average molecular weight is 182 g/mol. The van der Waals surface area contributed by atoms with Gasteiger partial charge in [0.05, 0.1) is 0 Å². The Bertz CT molecular complexity index is 183. The molecule has 0 amide bonds. The normalized spacial score (nSPS) is 35.8. The summed E-state index contributed by atoms with van der Waals surface area (Å²) < 4.78 is 0. The molecule has 0 aromatic rings. The van der Waals surface area contributed by atoms with Crippen LogP contribution in [-0.4, -0.2) is 29.1 Å². The third-order valence-electron chi connectivity index (χ3n) is 4.09. The summed E-state index contributed by atoms with van der Waals surface area (Å²) in [4.78, 5) is 2.66. The van der Waals surface area contributed by atoms with E-state index in [0.29, 0.717) is 6.04 Å². The number of hydrogen-bond donors (Lipinski definition) is 1. The van der Waals surface area contributed by atoms with Gasteiger partial charge in [0.25, 0.3) is 0 Å². The van der Waals surface area contributed by atoms with Crippen molar-refractivity contribution in [1.29, 1.82) is 0 Å². The number of nitrogens with zero attached hydrogens (tertiary/aromatic N) is 1. The minimum absolute atomic E-state index is 0.245. The van der Waals surface area contributed by atoms with Gasteiger partial charge in [0.15, 0.2) is 0 Å². The quantitative estimate of drug-likeness (QED) is 0.669. The lowest BCUT2D eigenvalue weighted by molar-refractivity contribution is 0.109. The molecule has 1 heterocycles. The Hall–Kier alpha value is -0.0800. The van der Waals surface area contributed by atoms with Gasteiger partial charge in [-0.2, -0.15) is 0 Å². The van der Waals surface area contributed by atoms with E-state index in [2.05, 4.69) is 18.7 Å². The molecule has 1 unspecified atom stereocenters. The van der Waals surface area contributed by atoms with Crippen molar-refractivity contribution in [1.82, 2.24) is 4.90 Å². The topological polar surface area (TPSA) is 29.3 Å². The standard InChI is InChI=1S/C11H22N2/c1-11(2)10(12)7-8-13(11)9-5-3-4-6-9/h9-10H,3-8,12H2,1-2H3. The van der Waals surface area contributed by atoms with Crippen molar-refractivity contribution >= 4 is 0 Å². The Morgan fingerprint density at radius 2 is 1.77 bits per heavy atom. The Kier molecular flexibility index (Phi) is 2.37. The zero-order valence-electron chi connectivity index (χ0n) is 8.92. The van der Waals surface area contributed by atoms with E-state index in [4.69, 9.17) is 5.73 Å². The summed E-state index contributed by atoms with van der Waals surface area (Å²) in [6.45, 7) is 5.84. The highest BCUT2D eigenvalue weighted by Crippen LogP contribution is 2.35. The van der Waals surface area contributed by atoms with E-state index in [-0.39, 0.29) is 5.54 Å². The molecule has 2 rings (SSSR count).